The molecule has 1 amide bonds. The highest BCUT2D eigenvalue weighted by Crippen LogP contribution is 2.18. The first-order chi connectivity index (χ1) is 9.60. The molecule has 1 atom stereocenters. The molecule has 1 aliphatic heterocycles. The van der Waals surface area contributed by atoms with Crippen LogP contribution in [0.3, 0.4) is 0 Å². The molecule has 1 aromatic carbocycles. The van der Waals surface area contributed by atoms with Crippen molar-refractivity contribution in [2.75, 3.05) is 32.8 Å². The third kappa shape index (κ3) is 4.04. The molecule has 1 aromatic rings. The maximum absolute atomic E-state index is 12.2. The van der Waals surface area contributed by atoms with E-state index in [1.54, 1.807) is 0 Å². The van der Waals surface area contributed by atoms with Gasteiger partial charge in [-0.05, 0) is 41.5 Å². The minimum Gasteiger partial charge on any atom is -0.374 e. The van der Waals surface area contributed by atoms with Crippen molar-refractivity contribution in [1.29, 1.82) is 0 Å². The number of hydrogen-bond donors (Lipinski definition) is 1. The van der Waals surface area contributed by atoms with Crippen molar-refractivity contribution in [3.8, 4) is 0 Å². The van der Waals surface area contributed by atoms with Crippen molar-refractivity contribution in [3.63, 3.8) is 0 Å². The topological polar surface area (TPSA) is 41.6 Å². The van der Waals surface area contributed by atoms with Crippen LogP contribution in [0.4, 0.5) is 0 Å². The van der Waals surface area contributed by atoms with Crippen molar-refractivity contribution in [3.05, 3.63) is 33.8 Å². The Morgan fingerprint density at radius 3 is 3.10 bits per heavy atom. The Labute approximate surface area is 128 Å². The molecule has 5 heteroatoms. The summed E-state index contributed by atoms with van der Waals surface area (Å²) in [5.74, 6) is -0.0576. The summed E-state index contributed by atoms with van der Waals surface area (Å²) in [5.41, 5.74) is 1.75. The molecule has 1 saturated heterocycles. The van der Waals surface area contributed by atoms with Crippen LogP contribution in [-0.4, -0.2) is 49.7 Å². The number of nitrogens with zero attached hydrogens (tertiary/aromatic N) is 1. The Kier molecular flexibility index (Phi) is 5.57. The average molecular weight is 341 g/mol. The summed E-state index contributed by atoms with van der Waals surface area (Å²) in [7, 11) is 0. The van der Waals surface area contributed by atoms with Gasteiger partial charge >= 0.3 is 0 Å². The highest BCUT2D eigenvalue weighted by molar-refractivity contribution is 9.10. The third-order valence-corrected chi connectivity index (χ3v) is 4.22. The van der Waals surface area contributed by atoms with Gasteiger partial charge in [0.2, 0.25) is 0 Å². The summed E-state index contributed by atoms with van der Waals surface area (Å²) in [4.78, 5) is 14.5. The number of nitrogens with one attached hydrogen (secondary N) is 1. The summed E-state index contributed by atoms with van der Waals surface area (Å²) < 4.78 is 6.50. The highest BCUT2D eigenvalue weighted by atomic mass is 79.9. The molecule has 0 radical (unpaired) electrons. The first-order valence-corrected chi connectivity index (χ1v) is 7.77. The van der Waals surface area contributed by atoms with Gasteiger partial charge in [-0.1, -0.05) is 18.6 Å². The Hall–Kier alpha value is -0.910. The van der Waals surface area contributed by atoms with Crippen LogP contribution in [0.15, 0.2) is 22.7 Å². The van der Waals surface area contributed by atoms with Crippen molar-refractivity contribution in [2.45, 2.75) is 20.0 Å². The predicted molar refractivity (Wildman–Crippen MR) is 83.1 cm³/mol. The fourth-order valence-corrected chi connectivity index (χ4v) is 2.73. The second kappa shape index (κ2) is 7.20. The molecule has 0 bridgehead atoms. The number of carbonyl (C=O) groups excluding carboxylic acids is 1. The predicted octanol–water partition coefficient (Wildman–Crippen LogP) is 2.21. The average Bonchev–Trinajstić information content (AvgIpc) is 2.47. The maximum atomic E-state index is 12.2. The van der Waals surface area contributed by atoms with Crippen molar-refractivity contribution >= 4 is 21.8 Å². The smallest absolute Gasteiger partial charge is 0.252 e. The Balaban J connectivity index is 1.90. The van der Waals surface area contributed by atoms with Gasteiger partial charge in [-0.3, -0.25) is 9.69 Å². The second-order valence-corrected chi connectivity index (χ2v) is 5.93. The van der Waals surface area contributed by atoms with Gasteiger partial charge in [-0.15, -0.1) is 0 Å². The largest absolute Gasteiger partial charge is 0.374 e. The second-order valence-electron chi connectivity index (χ2n) is 5.08. The van der Waals surface area contributed by atoms with Gasteiger partial charge in [-0.25, -0.2) is 0 Å². The fourth-order valence-electron chi connectivity index (χ4n) is 2.31. The molecule has 0 spiro atoms. The van der Waals surface area contributed by atoms with Gasteiger partial charge in [0.05, 0.1) is 18.3 Å². The molecule has 4 nitrogen and oxygen atoms in total. The summed E-state index contributed by atoms with van der Waals surface area (Å²) in [6.07, 6.45) is 0.0798. The first kappa shape index (κ1) is 15.5. The van der Waals surface area contributed by atoms with Crippen molar-refractivity contribution < 1.29 is 9.53 Å². The van der Waals surface area contributed by atoms with Crippen LogP contribution in [0.2, 0.25) is 0 Å². The van der Waals surface area contributed by atoms with E-state index in [1.807, 2.05) is 25.1 Å². The molecule has 1 aliphatic rings. The maximum Gasteiger partial charge on any atom is 0.252 e. The summed E-state index contributed by atoms with van der Waals surface area (Å²) in [6.45, 7) is 8.29. The van der Waals surface area contributed by atoms with E-state index in [0.717, 1.165) is 36.3 Å². The van der Waals surface area contributed by atoms with Crippen molar-refractivity contribution in [2.24, 2.45) is 0 Å². The summed E-state index contributed by atoms with van der Waals surface area (Å²) in [5, 5.41) is 2.96. The molecule has 0 aliphatic carbocycles. The molecule has 0 aromatic heterocycles. The summed E-state index contributed by atoms with van der Waals surface area (Å²) in [6, 6.07) is 5.77. The van der Waals surface area contributed by atoms with E-state index < -0.39 is 0 Å². The SMILES string of the molecule is CCN1CCOC(CNC(=O)c2cc(C)ccc2Br)C1. The molecular weight excluding hydrogens is 320 g/mol. The van der Waals surface area contributed by atoms with Crippen LogP contribution < -0.4 is 5.32 Å². The highest BCUT2D eigenvalue weighted by Gasteiger charge is 2.20. The van der Waals surface area contributed by atoms with Crippen LogP contribution in [0.25, 0.3) is 0 Å². The molecule has 0 saturated carbocycles. The van der Waals surface area contributed by atoms with Crippen LogP contribution in [0.1, 0.15) is 22.8 Å². The Morgan fingerprint density at radius 1 is 1.55 bits per heavy atom. The van der Waals surface area contributed by atoms with Gasteiger partial charge < -0.3 is 10.1 Å². The Bertz CT molecular complexity index is 479. The number of likely N-dealkylation sites (N-methyl/N-ethyl adjacent to an activating group) is 1. The number of aryl methyl sites for hydroxylation is 1. The molecule has 110 valence electrons. The number of morpholine rings is 1. The summed E-state index contributed by atoms with van der Waals surface area (Å²) >= 11 is 3.42. The molecule has 1 heterocycles. The first-order valence-electron chi connectivity index (χ1n) is 6.98. The zero-order chi connectivity index (χ0) is 14.5. The molecule has 1 fully saturated rings. The molecule has 2 rings (SSSR count). The standard InChI is InChI=1S/C15H21BrN2O2/c1-3-18-6-7-20-12(10-18)9-17-15(19)13-8-11(2)4-5-14(13)16/h4-5,8,12H,3,6-7,9-10H2,1-2H3,(H,17,19). The normalized spacial score (nSPS) is 19.9. The van der Waals surface area contributed by atoms with E-state index in [-0.39, 0.29) is 12.0 Å². The van der Waals surface area contributed by atoms with Gasteiger partial charge in [0, 0.05) is 24.1 Å². The van der Waals surface area contributed by atoms with E-state index >= 15 is 0 Å². The molecule has 1 unspecified atom stereocenters. The molecule has 20 heavy (non-hydrogen) atoms. The van der Waals surface area contributed by atoms with Gasteiger partial charge in [0.15, 0.2) is 0 Å². The van der Waals surface area contributed by atoms with Gasteiger partial charge in [-0.2, -0.15) is 0 Å². The number of ether oxygens (including phenoxy) is 1. The molecular formula is C15H21BrN2O2. The zero-order valence-corrected chi connectivity index (χ0v) is 13.6. The minimum absolute atomic E-state index is 0.0576. The fraction of sp³-hybridized carbons (Fsp3) is 0.533. The van der Waals surface area contributed by atoms with E-state index in [4.69, 9.17) is 4.74 Å². The van der Waals surface area contributed by atoms with E-state index in [2.05, 4.69) is 33.1 Å². The van der Waals surface area contributed by atoms with Crippen molar-refractivity contribution in [1.82, 2.24) is 10.2 Å². The van der Waals surface area contributed by atoms with Crippen LogP contribution in [0.5, 0.6) is 0 Å². The number of amides is 1. The van der Waals surface area contributed by atoms with Crippen LogP contribution in [0, 0.1) is 6.92 Å². The number of rotatable bonds is 4. The Morgan fingerprint density at radius 2 is 2.35 bits per heavy atom. The number of hydrogen-bond acceptors (Lipinski definition) is 3. The lowest BCUT2D eigenvalue weighted by molar-refractivity contribution is -0.0246. The quantitative estimate of drug-likeness (QED) is 0.913. The lowest BCUT2D eigenvalue weighted by Gasteiger charge is -2.32. The minimum atomic E-state index is -0.0576. The van der Waals surface area contributed by atoms with E-state index in [0.29, 0.717) is 12.1 Å². The zero-order valence-electron chi connectivity index (χ0n) is 12.0. The lowest BCUT2D eigenvalue weighted by atomic mass is 10.1. The van der Waals surface area contributed by atoms with Crippen LogP contribution in [-0.2, 0) is 4.74 Å². The molecule has 1 N–H and O–H groups in total. The monoisotopic (exact) mass is 340 g/mol. The third-order valence-electron chi connectivity index (χ3n) is 3.53. The van der Waals surface area contributed by atoms with E-state index in [9.17, 15) is 4.79 Å². The lowest BCUT2D eigenvalue weighted by Crippen LogP contribution is -2.47. The van der Waals surface area contributed by atoms with Gasteiger partial charge in [0.1, 0.15) is 0 Å². The number of halogens is 1. The number of benzene rings is 1. The van der Waals surface area contributed by atoms with Crippen LogP contribution >= 0.6 is 15.9 Å². The van der Waals surface area contributed by atoms with Gasteiger partial charge in [0.25, 0.3) is 5.91 Å². The van der Waals surface area contributed by atoms with E-state index in [1.165, 1.54) is 0 Å². The number of carbonyl (C=O) groups is 1.